The Morgan fingerprint density at radius 2 is 1.48 bits per heavy atom. The maximum absolute atomic E-state index is 12.5. The number of hydrogen-bond donors (Lipinski definition) is 3. The zero-order valence-electron chi connectivity index (χ0n) is 11.2. The summed E-state index contributed by atoms with van der Waals surface area (Å²) >= 11 is 0. The van der Waals surface area contributed by atoms with E-state index in [0.717, 1.165) is 0 Å². The second-order valence-corrected chi connectivity index (χ2v) is 4.22. The van der Waals surface area contributed by atoms with Crippen LogP contribution in [0.3, 0.4) is 0 Å². The Bertz CT molecular complexity index is 703. The van der Waals surface area contributed by atoms with Gasteiger partial charge < -0.3 is 17.2 Å². The molecule has 0 aliphatic carbocycles. The Morgan fingerprint density at radius 3 is 2.14 bits per heavy atom. The molecule has 6 N–H and O–H groups in total. The van der Waals surface area contributed by atoms with Gasteiger partial charge in [-0.3, -0.25) is 4.79 Å². The molecule has 2 aromatic carbocycles. The van der Waals surface area contributed by atoms with Crippen LogP contribution in [0.2, 0.25) is 0 Å². The molecule has 0 atom stereocenters. The van der Waals surface area contributed by atoms with Gasteiger partial charge in [0.1, 0.15) is 0 Å². The lowest BCUT2D eigenvalue weighted by Crippen LogP contribution is -2.26. The molecule has 0 heterocycles. The normalized spacial score (nSPS) is 11.0. The summed E-state index contributed by atoms with van der Waals surface area (Å²) in [5.41, 5.74) is 17.5. The van der Waals surface area contributed by atoms with Gasteiger partial charge in [0.2, 0.25) is 5.96 Å². The van der Waals surface area contributed by atoms with Gasteiger partial charge in [0, 0.05) is 11.1 Å². The number of aliphatic imine (C=N–C) groups is 2. The van der Waals surface area contributed by atoms with E-state index in [1.807, 2.05) is 6.07 Å². The summed E-state index contributed by atoms with van der Waals surface area (Å²) in [7, 11) is 0. The van der Waals surface area contributed by atoms with Crippen LogP contribution in [0.25, 0.3) is 0 Å². The summed E-state index contributed by atoms with van der Waals surface area (Å²) in [6.45, 7) is 0. The molecule has 0 unspecified atom stereocenters. The topological polar surface area (TPSA) is 120 Å². The molecular formula is C15H15N5O. The van der Waals surface area contributed by atoms with Crippen molar-refractivity contribution >= 4 is 23.4 Å². The van der Waals surface area contributed by atoms with Gasteiger partial charge in [-0.2, -0.15) is 4.99 Å². The maximum atomic E-state index is 12.5. The van der Waals surface area contributed by atoms with Crippen LogP contribution in [0.4, 0.5) is 5.69 Å². The molecule has 6 nitrogen and oxygen atoms in total. The maximum Gasteiger partial charge on any atom is 0.223 e. The first-order valence-electron chi connectivity index (χ1n) is 6.20. The van der Waals surface area contributed by atoms with Gasteiger partial charge >= 0.3 is 0 Å². The fourth-order valence-electron chi connectivity index (χ4n) is 1.79. The van der Waals surface area contributed by atoms with Crippen LogP contribution < -0.4 is 17.2 Å². The highest BCUT2D eigenvalue weighted by atomic mass is 16.1. The standard InChI is InChI=1S/C15H15N5O/c16-14(17)20-15(18)19-12-9-5-4-8-11(12)13(21)10-6-2-1-3-7-10/h1-9H,(H6,16,17,18,19,20). The Morgan fingerprint density at radius 1 is 0.857 bits per heavy atom. The van der Waals surface area contributed by atoms with Crippen LogP contribution in [0.5, 0.6) is 0 Å². The first-order valence-corrected chi connectivity index (χ1v) is 6.20. The average Bonchev–Trinajstić information content (AvgIpc) is 2.47. The Kier molecular flexibility index (Phi) is 4.30. The fourth-order valence-corrected chi connectivity index (χ4v) is 1.79. The molecule has 0 fully saturated rings. The van der Waals surface area contributed by atoms with Gasteiger partial charge in [0.25, 0.3) is 0 Å². The van der Waals surface area contributed by atoms with Crippen LogP contribution in [0, 0.1) is 0 Å². The number of ketones is 1. The summed E-state index contributed by atoms with van der Waals surface area (Å²) in [4.78, 5) is 20.2. The second-order valence-electron chi connectivity index (χ2n) is 4.22. The Hall–Kier alpha value is -3.15. The number of benzene rings is 2. The van der Waals surface area contributed by atoms with Crippen LogP contribution in [-0.4, -0.2) is 17.7 Å². The van der Waals surface area contributed by atoms with E-state index in [2.05, 4.69) is 9.98 Å². The minimum Gasteiger partial charge on any atom is -0.370 e. The second kappa shape index (κ2) is 6.33. The predicted molar refractivity (Wildman–Crippen MR) is 83.4 cm³/mol. The van der Waals surface area contributed by atoms with Crippen LogP contribution in [-0.2, 0) is 0 Å². The molecule has 0 bridgehead atoms. The first-order chi connectivity index (χ1) is 10.1. The molecule has 0 saturated carbocycles. The van der Waals surface area contributed by atoms with Crippen LogP contribution in [0.1, 0.15) is 15.9 Å². The molecule has 2 aromatic rings. The molecule has 0 saturated heterocycles. The first kappa shape index (κ1) is 14.3. The zero-order chi connectivity index (χ0) is 15.2. The van der Waals surface area contributed by atoms with E-state index in [0.29, 0.717) is 16.8 Å². The molecule has 0 radical (unpaired) electrons. The minimum absolute atomic E-state index is 0.108. The molecule has 6 heteroatoms. The number of guanidine groups is 2. The monoisotopic (exact) mass is 281 g/mol. The lowest BCUT2D eigenvalue weighted by Gasteiger charge is -2.05. The summed E-state index contributed by atoms with van der Waals surface area (Å²) in [5.74, 6) is -0.445. The van der Waals surface area contributed by atoms with Crippen molar-refractivity contribution in [2.75, 3.05) is 0 Å². The molecule has 0 aliphatic heterocycles. The molecule has 2 rings (SSSR count). The summed E-state index contributed by atoms with van der Waals surface area (Å²) in [6.07, 6.45) is 0. The SMILES string of the molecule is NC(N)=NC(N)=Nc1ccccc1C(=O)c1ccccc1. The van der Waals surface area contributed by atoms with E-state index in [1.165, 1.54) is 0 Å². The predicted octanol–water partition coefficient (Wildman–Crippen LogP) is 1.14. The number of nitrogens with two attached hydrogens (primary N) is 3. The van der Waals surface area contributed by atoms with Crippen LogP contribution in [0.15, 0.2) is 64.6 Å². The molecular weight excluding hydrogens is 266 g/mol. The third-order valence-corrected chi connectivity index (χ3v) is 2.66. The Labute approximate surface area is 122 Å². The highest BCUT2D eigenvalue weighted by Crippen LogP contribution is 2.22. The van der Waals surface area contributed by atoms with Crippen molar-refractivity contribution in [3.63, 3.8) is 0 Å². The molecule has 0 aromatic heterocycles. The lowest BCUT2D eigenvalue weighted by molar-refractivity contribution is 0.103. The molecule has 0 amide bonds. The molecule has 0 spiro atoms. The number of rotatable bonds is 3. The van der Waals surface area contributed by atoms with Gasteiger partial charge in [0.05, 0.1) is 5.69 Å². The van der Waals surface area contributed by atoms with Crippen molar-refractivity contribution in [3.05, 3.63) is 65.7 Å². The highest BCUT2D eigenvalue weighted by Gasteiger charge is 2.12. The quantitative estimate of drug-likeness (QED) is 0.444. The number of nitrogens with zero attached hydrogens (tertiary/aromatic N) is 2. The summed E-state index contributed by atoms with van der Waals surface area (Å²) in [5, 5.41) is 0. The molecule has 106 valence electrons. The average molecular weight is 281 g/mol. The van der Waals surface area contributed by atoms with E-state index in [4.69, 9.17) is 17.2 Å². The van der Waals surface area contributed by atoms with Crippen molar-refractivity contribution < 1.29 is 4.79 Å². The van der Waals surface area contributed by atoms with Crippen molar-refractivity contribution in [2.24, 2.45) is 27.2 Å². The summed E-state index contributed by atoms with van der Waals surface area (Å²) < 4.78 is 0. The smallest absolute Gasteiger partial charge is 0.223 e. The number of carbonyl (C=O) groups is 1. The van der Waals surface area contributed by atoms with Gasteiger partial charge in [-0.05, 0) is 12.1 Å². The van der Waals surface area contributed by atoms with Crippen molar-refractivity contribution in [2.45, 2.75) is 0 Å². The van der Waals surface area contributed by atoms with E-state index in [9.17, 15) is 4.79 Å². The third kappa shape index (κ3) is 3.66. The van der Waals surface area contributed by atoms with Gasteiger partial charge in [-0.25, -0.2) is 4.99 Å². The van der Waals surface area contributed by atoms with Gasteiger partial charge in [-0.15, -0.1) is 0 Å². The molecule has 21 heavy (non-hydrogen) atoms. The van der Waals surface area contributed by atoms with Crippen molar-refractivity contribution in [1.82, 2.24) is 0 Å². The van der Waals surface area contributed by atoms with E-state index < -0.39 is 0 Å². The minimum atomic E-state index is -0.192. The van der Waals surface area contributed by atoms with E-state index in [1.54, 1.807) is 48.5 Å². The van der Waals surface area contributed by atoms with E-state index in [-0.39, 0.29) is 17.7 Å². The number of para-hydroxylation sites is 1. The summed E-state index contributed by atoms with van der Waals surface area (Å²) in [6, 6.07) is 15.8. The highest BCUT2D eigenvalue weighted by molar-refractivity contribution is 6.12. The zero-order valence-corrected chi connectivity index (χ0v) is 11.2. The number of hydrogen-bond acceptors (Lipinski definition) is 2. The van der Waals surface area contributed by atoms with Crippen molar-refractivity contribution in [3.8, 4) is 0 Å². The fraction of sp³-hybridized carbons (Fsp3) is 0. The van der Waals surface area contributed by atoms with Crippen molar-refractivity contribution in [1.29, 1.82) is 0 Å². The van der Waals surface area contributed by atoms with Gasteiger partial charge in [0.15, 0.2) is 11.7 Å². The third-order valence-electron chi connectivity index (χ3n) is 2.66. The number of carbonyl (C=O) groups excluding carboxylic acids is 1. The largest absolute Gasteiger partial charge is 0.370 e. The van der Waals surface area contributed by atoms with E-state index >= 15 is 0 Å². The van der Waals surface area contributed by atoms with Gasteiger partial charge in [-0.1, -0.05) is 42.5 Å². The lowest BCUT2D eigenvalue weighted by atomic mass is 10.0. The molecule has 0 aliphatic rings. The van der Waals surface area contributed by atoms with Crippen LogP contribution >= 0.6 is 0 Å². The Balaban J connectivity index is 2.43.